The van der Waals surface area contributed by atoms with E-state index in [0.717, 1.165) is 0 Å². The van der Waals surface area contributed by atoms with Crippen LogP contribution in [0.5, 0.6) is 0 Å². The van der Waals surface area contributed by atoms with Crippen LogP contribution in [-0.4, -0.2) is 17.9 Å². The van der Waals surface area contributed by atoms with E-state index in [-0.39, 0.29) is 6.61 Å². The minimum atomic E-state index is -1.21. The van der Waals surface area contributed by atoms with Crippen molar-refractivity contribution in [3.63, 3.8) is 0 Å². The summed E-state index contributed by atoms with van der Waals surface area (Å²) in [6, 6.07) is 1.93. The van der Waals surface area contributed by atoms with Crippen LogP contribution in [0.3, 0.4) is 0 Å². The average molecular weight is 145 g/mol. The van der Waals surface area contributed by atoms with Crippen molar-refractivity contribution in [2.24, 2.45) is 0 Å². The number of hydrogen-bond donors (Lipinski definition) is 1. The minimum Gasteiger partial charge on any atom is -0.450 e. The molecule has 4 nitrogen and oxygen atoms in total. The Hall–Kier alpha value is -1.24. The second-order valence-electron chi connectivity index (χ2n) is 1.21. The number of nitrogens with zero attached hydrogens (tertiary/aromatic N) is 1. The molecule has 0 aromatic rings. The van der Waals surface area contributed by atoms with Crippen LogP contribution < -0.4 is 0 Å². The molecule has 0 aliphatic carbocycles. The van der Waals surface area contributed by atoms with E-state index in [1.54, 1.807) is 6.92 Å². The summed E-state index contributed by atoms with van der Waals surface area (Å²) in [6.07, 6.45) is -0.586. The zero-order chi connectivity index (χ0) is 8.41. The largest absolute Gasteiger partial charge is 0.505 e. The zero-order valence-electron chi connectivity index (χ0n) is 6.13. The highest BCUT2D eigenvalue weighted by Crippen LogP contribution is 1.69. The minimum absolute atomic E-state index is 0.231. The fourth-order valence-electron chi connectivity index (χ4n) is 0.123. The Morgan fingerprint density at radius 2 is 2.10 bits per heavy atom. The molecule has 0 unspecified atom stereocenters. The van der Waals surface area contributed by atoms with Crippen molar-refractivity contribution in [3.8, 4) is 6.07 Å². The van der Waals surface area contributed by atoms with Crippen LogP contribution >= 0.6 is 0 Å². The van der Waals surface area contributed by atoms with Gasteiger partial charge in [0, 0.05) is 6.42 Å². The highest BCUT2D eigenvalue weighted by atomic mass is 16.7. The number of rotatable bonds is 1. The van der Waals surface area contributed by atoms with Crippen LogP contribution in [-0.2, 0) is 4.74 Å². The van der Waals surface area contributed by atoms with Gasteiger partial charge in [0.15, 0.2) is 0 Å². The predicted molar refractivity (Wildman–Crippen MR) is 35.6 cm³/mol. The molecular weight excluding hydrogens is 134 g/mol. The lowest BCUT2D eigenvalue weighted by molar-refractivity contribution is 0.0966. The summed E-state index contributed by atoms with van der Waals surface area (Å²) in [5, 5.41) is 15.3. The van der Waals surface area contributed by atoms with Crippen molar-refractivity contribution in [3.05, 3.63) is 0 Å². The maximum Gasteiger partial charge on any atom is 0.505 e. The second-order valence-corrected chi connectivity index (χ2v) is 1.21. The summed E-state index contributed by atoms with van der Waals surface area (Å²) in [7, 11) is 0. The summed E-state index contributed by atoms with van der Waals surface area (Å²) < 4.78 is 3.96. The first kappa shape index (κ1) is 11.5. The van der Waals surface area contributed by atoms with Crippen molar-refractivity contribution in [1.29, 1.82) is 5.26 Å². The number of ether oxygens (including phenoxy) is 1. The van der Waals surface area contributed by atoms with E-state index in [4.69, 9.17) is 10.4 Å². The summed E-state index contributed by atoms with van der Waals surface area (Å²) in [5.74, 6) is 0. The maximum absolute atomic E-state index is 9.38. The summed E-state index contributed by atoms with van der Waals surface area (Å²) in [6.45, 7) is 3.67. The van der Waals surface area contributed by atoms with Gasteiger partial charge < -0.3 is 9.84 Å². The van der Waals surface area contributed by atoms with Gasteiger partial charge in [-0.2, -0.15) is 5.26 Å². The molecule has 0 aliphatic heterocycles. The Morgan fingerprint density at radius 3 is 2.10 bits per heavy atom. The lowest BCUT2D eigenvalue weighted by Crippen LogP contribution is -1.97. The molecule has 0 atom stereocenters. The van der Waals surface area contributed by atoms with Crippen LogP contribution in [0, 0.1) is 11.3 Å². The fourth-order valence-corrected chi connectivity index (χ4v) is 0.123. The molecule has 0 bridgehead atoms. The molecule has 0 saturated carbocycles. The molecule has 10 heavy (non-hydrogen) atoms. The van der Waals surface area contributed by atoms with Gasteiger partial charge in [-0.3, -0.25) is 0 Å². The molecule has 58 valence electrons. The first-order valence-corrected chi connectivity index (χ1v) is 2.91. The number of carboxylic acid groups (broad SMARTS) is 1. The molecule has 0 aromatic carbocycles. The van der Waals surface area contributed by atoms with Crippen molar-refractivity contribution >= 4 is 6.16 Å². The second kappa shape index (κ2) is 10.7. The van der Waals surface area contributed by atoms with Crippen molar-refractivity contribution in [2.45, 2.75) is 20.3 Å². The number of nitriles is 1. The summed E-state index contributed by atoms with van der Waals surface area (Å²) >= 11 is 0. The zero-order valence-corrected chi connectivity index (χ0v) is 6.13. The molecule has 0 heterocycles. The van der Waals surface area contributed by atoms with Crippen LogP contribution in [0.25, 0.3) is 0 Å². The van der Waals surface area contributed by atoms with Gasteiger partial charge in [-0.15, -0.1) is 0 Å². The quantitative estimate of drug-likeness (QED) is 0.569. The first-order chi connectivity index (χ1) is 4.68. The normalized spacial score (nSPS) is 6.50. The average Bonchev–Trinajstić information content (AvgIpc) is 1.89. The molecule has 0 saturated heterocycles. The van der Waals surface area contributed by atoms with Gasteiger partial charge in [0.1, 0.15) is 0 Å². The molecule has 0 spiro atoms. The molecule has 0 aliphatic rings. The molecule has 0 amide bonds. The molecular formula is C6H11NO3. The molecule has 0 aromatic heterocycles. The third kappa shape index (κ3) is 29.4. The molecule has 0 fully saturated rings. The van der Waals surface area contributed by atoms with Gasteiger partial charge in [0.25, 0.3) is 0 Å². The molecule has 4 heteroatoms. The highest BCUT2D eigenvalue weighted by Gasteiger charge is 1.86. The van der Waals surface area contributed by atoms with Gasteiger partial charge >= 0.3 is 6.16 Å². The molecule has 0 rings (SSSR count). The van der Waals surface area contributed by atoms with Crippen molar-refractivity contribution in [2.75, 3.05) is 6.61 Å². The van der Waals surface area contributed by atoms with E-state index in [0.29, 0.717) is 6.42 Å². The van der Waals surface area contributed by atoms with Gasteiger partial charge in [0.05, 0.1) is 12.7 Å². The Morgan fingerprint density at radius 1 is 1.70 bits per heavy atom. The Balaban J connectivity index is 0. The maximum atomic E-state index is 9.38. The van der Waals surface area contributed by atoms with Crippen molar-refractivity contribution < 1.29 is 14.6 Å². The monoisotopic (exact) mass is 145 g/mol. The van der Waals surface area contributed by atoms with Gasteiger partial charge in [-0.1, -0.05) is 6.92 Å². The molecule has 0 radical (unpaired) electrons. The molecule has 1 N–H and O–H groups in total. The van der Waals surface area contributed by atoms with Gasteiger partial charge in [-0.05, 0) is 6.92 Å². The van der Waals surface area contributed by atoms with E-state index in [1.807, 2.05) is 13.0 Å². The van der Waals surface area contributed by atoms with Crippen molar-refractivity contribution in [1.82, 2.24) is 0 Å². The number of hydrogen-bond acceptors (Lipinski definition) is 3. The Kier molecular flexibility index (Phi) is 12.3. The van der Waals surface area contributed by atoms with Gasteiger partial charge in [0.2, 0.25) is 0 Å². The topological polar surface area (TPSA) is 70.3 Å². The Bertz CT molecular complexity index is 117. The van der Waals surface area contributed by atoms with E-state index < -0.39 is 6.16 Å². The number of carbonyl (C=O) groups is 1. The lowest BCUT2D eigenvalue weighted by atomic mass is 10.6. The van der Waals surface area contributed by atoms with E-state index >= 15 is 0 Å². The van der Waals surface area contributed by atoms with E-state index in [1.165, 1.54) is 0 Å². The van der Waals surface area contributed by atoms with E-state index in [2.05, 4.69) is 4.74 Å². The fraction of sp³-hybridized carbons (Fsp3) is 0.667. The summed E-state index contributed by atoms with van der Waals surface area (Å²) in [5.41, 5.74) is 0. The predicted octanol–water partition coefficient (Wildman–Crippen LogP) is 1.62. The third-order valence-electron chi connectivity index (χ3n) is 0.426. The smallest absolute Gasteiger partial charge is 0.450 e. The standard InChI is InChI=1S/C3H5N.C3H6O3/c1-2-3-4;1-2-6-3(4)5/h2H2,1H3;2H2,1H3,(H,4,5). The van der Waals surface area contributed by atoms with E-state index in [9.17, 15) is 4.79 Å². The Labute approximate surface area is 60.0 Å². The van der Waals surface area contributed by atoms with Crippen LogP contribution in [0.1, 0.15) is 20.3 Å². The van der Waals surface area contributed by atoms with Crippen LogP contribution in [0.4, 0.5) is 4.79 Å². The highest BCUT2D eigenvalue weighted by molar-refractivity contribution is 5.56. The summed E-state index contributed by atoms with van der Waals surface area (Å²) in [4.78, 5) is 9.38. The SMILES string of the molecule is CCC#N.CCOC(=O)O. The lowest BCUT2D eigenvalue weighted by Gasteiger charge is -1.87. The first-order valence-electron chi connectivity index (χ1n) is 2.91. The third-order valence-corrected chi connectivity index (χ3v) is 0.426. The van der Waals surface area contributed by atoms with Gasteiger partial charge in [-0.25, -0.2) is 4.79 Å². The van der Waals surface area contributed by atoms with Crippen LogP contribution in [0.2, 0.25) is 0 Å². The van der Waals surface area contributed by atoms with Crippen LogP contribution in [0.15, 0.2) is 0 Å².